The molecule has 2 rings (SSSR count). The number of hydrogen-bond acceptors (Lipinski definition) is 5. The largest absolute Gasteiger partial charge is 0.269 e. The maximum Gasteiger partial charge on any atom is 0.269 e. The number of hydrogen-bond donors (Lipinski definition) is 0. The zero-order valence-electron chi connectivity index (χ0n) is 12.4. The first-order valence-electron chi connectivity index (χ1n) is 6.78. The smallest absolute Gasteiger partial charge is 0.258 e. The molecular weight excluding hydrogens is 328 g/mol. The Labute approximate surface area is 139 Å². The molecule has 2 aromatic carbocycles. The van der Waals surface area contributed by atoms with Crippen LogP contribution in [0.5, 0.6) is 0 Å². The minimum absolute atomic E-state index is 0.0351. The molecule has 0 unspecified atom stereocenters. The maximum absolute atomic E-state index is 12.3. The highest BCUT2D eigenvalue weighted by Crippen LogP contribution is 2.19. The molecule has 7 heteroatoms. The van der Waals surface area contributed by atoms with E-state index in [0.717, 1.165) is 0 Å². The van der Waals surface area contributed by atoms with E-state index in [4.69, 9.17) is 5.26 Å². The Kier molecular flexibility index (Phi) is 5.24. The predicted molar refractivity (Wildman–Crippen MR) is 89.5 cm³/mol. The summed E-state index contributed by atoms with van der Waals surface area (Å²) in [5.74, 6) is 0. The molecule has 6 nitrogen and oxygen atoms in total. The van der Waals surface area contributed by atoms with E-state index >= 15 is 0 Å². The molecule has 0 fully saturated rings. The van der Waals surface area contributed by atoms with E-state index in [0.29, 0.717) is 5.56 Å². The van der Waals surface area contributed by atoms with Gasteiger partial charge in [-0.05, 0) is 35.9 Å². The molecule has 0 amide bonds. The molecule has 0 spiro atoms. The predicted octanol–water partition coefficient (Wildman–Crippen LogP) is 3.49. The van der Waals surface area contributed by atoms with Crippen molar-refractivity contribution in [3.63, 3.8) is 0 Å². The monoisotopic (exact) mass is 340 g/mol. The Balaban J connectivity index is 2.25. The van der Waals surface area contributed by atoms with Gasteiger partial charge in [0.05, 0.1) is 9.82 Å². The molecule has 24 heavy (non-hydrogen) atoms. The number of nitrogens with zero attached hydrogens (tertiary/aromatic N) is 2. The highest BCUT2D eigenvalue weighted by Gasteiger charge is 2.19. The van der Waals surface area contributed by atoms with Crippen molar-refractivity contribution in [3.8, 4) is 6.07 Å². The van der Waals surface area contributed by atoms with Crippen LogP contribution in [0.15, 0.2) is 76.5 Å². The molecule has 0 saturated carbocycles. The molecule has 0 aliphatic heterocycles. The van der Waals surface area contributed by atoms with Gasteiger partial charge in [-0.2, -0.15) is 5.26 Å². The molecule has 120 valence electrons. The molecular formula is C17H12N2O4S. The van der Waals surface area contributed by atoms with Gasteiger partial charge in [0.15, 0.2) is 0 Å². The summed E-state index contributed by atoms with van der Waals surface area (Å²) in [6.45, 7) is 0. The van der Waals surface area contributed by atoms with Crippen LogP contribution in [0.25, 0.3) is 6.08 Å². The maximum atomic E-state index is 12.3. The minimum atomic E-state index is -3.86. The Bertz CT molecular complexity index is 938. The Hall–Kier alpha value is -3.24. The summed E-state index contributed by atoms with van der Waals surface area (Å²) < 4.78 is 24.7. The van der Waals surface area contributed by atoms with Crippen molar-refractivity contribution in [3.05, 3.63) is 87.3 Å². The third-order valence-corrected chi connectivity index (χ3v) is 4.79. The molecule has 0 bridgehead atoms. The van der Waals surface area contributed by atoms with E-state index < -0.39 is 14.8 Å². The van der Waals surface area contributed by atoms with Gasteiger partial charge in [-0.1, -0.05) is 30.4 Å². The topological polar surface area (TPSA) is 101 Å². The molecule has 0 atom stereocenters. The average molecular weight is 340 g/mol. The van der Waals surface area contributed by atoms with Crippen molar-refractivity contribution in [1.82, 2.24) is 0 Å². The fourth-order valence-corrected chi connectivity index (χ4v) is 3.01. The lowest BCUT2D eigenvalue weighted by Crippen LogP contribution is -2.02. The summed E-state index contributed by atoms with van der Waals surface area (Å²) in [7, 11) is -3.86. The van der Waals surface area contributed by atoms with Crippen LogP contribution < -0.4 is 0 Å². The van der Waals surface area contributed by atoms with Gasteiger partial charge in [0.1, 0.15) is 11.0 Å². The quantitative estimate of drug-likeness (QED) is 0.359. The standard InChI is InChI=1S/C17H12N2O4S/c18-13-17(24(22,23)16-6-2-1-3-7-16)8-4-5-14-9-11-15(12-10-14)19(20)21/h1-12H/b5-4+,17-8+. The van der Waals surface area contributed by atoms with Crippen LogP contribution in [-0.2, 0) is 9.84 Å². The van der Waals surface area contributed by atoms with Gasteiger partial charge in [-0.15, -0.1) is 0 Å². The third-order valence-electron chi connectivity index (χ3n) is 3.09. The Morgan fingerprint density at radius 2 is 1.71 bits per heavy atom. The summed E-state index contributed by atoms with van der Waals surface area (Å²) in [6.07, 6.45) is 4.17. The lowest BCUT2D eigenvalue weighted by Gasteiger charge is -2.01. The number of nitriles is 1. The van der Waals surface area contributed by atoms with Gasteiger partial charge in [-0.3, -0.25) is 10.1 Å². The van der Waals surface area contributed by atoms with E-state index in [1.165, 1.54) is 48.6 Å². The van der Waals surface area contributed by atoms with Gasteiger partial charge >= 0.3 is 0 Å². The number of nitro groups is 1. The van der Waals surface area contributed by atoms with Crippen molar-refractivity contribution in [2.45, 2.75) is 4.90 Å². The third kappa shape index (κ3) is 3.94. The summed E-state index contributed by atoms with van der Waals surface area (Å²) in [4.78, 5) is 9.73. The van der Waals surface area contributed by atoms with Crippen molar-refractivity contribution < 1.29 is 13.3 Å². The number of benzene rings is 2. The normalized spacial score (nSPS) is 12.0. The number of allylic oxidation sites excluding steroid dienone is 3. The molecule has 0 saturated heterocycles. The summed E-state index contributed by atoms with van der Waals surface area (Å²) in [6, 6.07) is 15.1. The van der Waals surface area contributed by atoms with E-state index in [1.54, 1.807) is 30.3 Å². The van der Waals surface area contributed by atoms with Crippen molar-refractivity contribution in [2.24, 2.45) is 0 Å². The van der Waals surface area contributed by atoms with E-state index in [2.05, 4.69) is 0 Å². The fraction of sp³-hybridized carbons (Fsp3) is 0. The second-order valence-electron chi connectivity index (χ2n) is 4.67. The number of sulfone groups is 1. The average Bonchev–Trinajstić information content (AvgIpc) is 2.59. The minimum Gasteiger partial charge on any atom is -0.258 e. The summed E-state index contributed by atoms with van der Waals surface area (Å²) >= 11 is 0. The molecule has 0 heterocycles. The Morgan fingerprint density at radius 1 is 1.08 bits per heavy atom. The van der Waals surface area contributed by atoms with Gasteiger partial charge in [0.25, 0.3) is 5.69 Å². The van der Waals surface area contributed by atoms with Gasteiger partial charge in [0, 0.05) is 12.1 Å². The molecule has 0 radical (unpaired) electrons. The fourth-order valence-electron chi connectivity index (χ4n) is 1.87. The second-order valence-corrected chi connectivity index (χ2v) is 6.59. The van der Waals surface area contributed by atoms with Crippen LogP contribution in [0.4, 0.5) is 5.69 Å². The highest BCUT2D eigenvalue weighted by molar-refractivity contribution is 7.95. The summed E-state index contributed by atoms with van der Waals surface area (Å²) in [5, 5.41) is 19.7. The lowest BCUT2D eigenvalue weighted by atomic mass is 10.2. The first kappa shape index (κ1) is 17.1. The number of nitro benzene ring substituents is 1. The van der Waals surface area contributed by atoms with Crippen molar-refractivity contribution in [1.29, 1.82) is 5.26 Å². The number of rotatable bonds is 5. The van der Waals surface area contributed by atoms with E-state index in [1.807, 2.05) is 0 Å². The molecule has 2 aromatic rings. The zero-order valence-corrected chi connectivity index (χ0v) is 13.2. The molecule has 0 aliphatic rings. The van der Waals surface area contributed by atoms with Gasteiger partial charge in [-0.25, -0.2) is 8.42 Å². The van der Waals surface area contributed by atoms with Crippen LogP contribution >= 0.6 is 0 Å². The highest BCUT2D eigenvalue weighted by atomic mass is 32.2. The van der Waals surface area contributed by atoms with Crippen LogP contribution in [-0.4, -0.2) is 13.3 Å². The molecule has 0 N–H and O–H groups in total. The first-order chi connectivity index (χ1) is 11.4. The van der Waals surface area contributed by atoms with Gasteiger partial charge in [0.2, 0.25) is 9.84 Å². The lowest BCUT2D eigenvalue weighted by molar-refractivity contribution is -0.384. The molecule has 0 aliphatic carbocycles. The molecule has 0 aromatic heterocycles. The van der Waals surface area contributed by atoms with Crippen molar-refractivity contribution in [2.75, 3.05) is 0 Å². The van der Waals surface area contributed by atoms with Gasteiger partial charge < -0.3 is 0 Å². The second kappa shape index (κ2) is 7.35. The van der Waals surface area contributed by atoms with Crippen LogP contribution in [0.2, 0.25) is 0 Å². The summed E-state index contributed by atoms with van der Waals surface area (Å²) in [5.41, 5.74) is 0.610. The van der Waals surface area contributed by atoms with Crippen LogP contribution in [0.3, 0.4) is 0 Å². The van der Waals surface area contributed by atoms with Crippen LogP contribution in [0.1, 0.15) is 5.56 Å². The van der Waals surface area contributed by atoms with Crippen LogP contribution in [0, 0.1) is 21.4 Å². The van der Waals surface area contributed by atoms with Crippen molar-refractivity contribution >= 4 is 21.6 Å². The van der Waals surface area contributed by atoms with E-state index in [-0.39, 0.29) is 15.5 Å². The first-order valence-corrected chi connectivity index (χ1v) is 8.26. The SMILES string of the molecule is N#C/C(=C\C=C\c1ccc([N+](=O)[O-])cc1)S(=O)(=O)c1ccccc1. The van der Waals surface area contributed by atoms with E-state index in [9.17, 15) is 18.5 Å². The Morgan fingerprint density at radius 3 is 2.25 bits per heavy atom. The number of non-ortho nitro benzene ring substituents is 1. The zero-order chi connectivity index (χ0) is 17.6.